The molecule has 0 spiro atoms. The minimum Gasteiger partial charge on any atom is -0.469 e. The molecule has 1 aromatic rings. The van der Waals surface area contributed by atoms with Gasteiger partial charge >= 0.3 is 11.9 Å². The molecule has 1 aromatic carbocycles. The fourth-order valence-electron chi connectivity index (χ4n) is 2.97. The summed E-state index contributed by atoms with van der Waals surface area (Å²) in [6.45, 7) is 1.70. The SMILES string of the molecule is COC(=O)[C@@H]1C(C)=CC(=O)[C@@H](C(=O)OC)[C@H]1c1ccccc1. The Morgan fingerprint density at radius 1 is 0.955 bits per heavy atom. The van der Waals surface area contributed by atoms with Crippen LogP contribution in [0.5, 0.6) is 0 Å². The molecule has 0 amide bonds. The van der Waals surface area contributed by atoms with Crippen molar-refractivity contribution >= 4 is 17.7 Å². The Bertz CT molecular complexity index is 617. The molecule has 5 heteroatoms. The lowest BCUT2D eigenvalue weighted by atomic mass is 9.68. The van der Waals surface area contributed by atoms with Crippen molar-refractivity contribution < 1.29 is 23.9 Å². The van der Waals surface area contributed by atoms with E-state index in [-0.39, 0.29) is 5.78 Å². The van der Waals surface area contributed by atoms with Gasteiger partial charge in [-0.2, -0.15) is 0 Å². The zero-order valence-corrected chi connectivity index (χ0v) is 12.7. The molecule has 1 aliphatic rings. The summed E-state index contributed by atoms with van der Waals surface area (Å²) in [5.74, 6) is -3.81. The molecule has 0 N–H and O–H groups in total. The fraction of sp³-hybridized carbons (Fsp3) is 0.353. The predicted molar refractivity (Wildman–Crippen MR) is 79.0 cm³/mol. The van der Waals surface area contributed by atoms with Gasteiger partial charge in [0.2, 0.25) is 0 Å². The number of rotatable bonds is 3. The highest BCUT2D eigenvalue weighted by molar-refractivity contribution is 6.08. The second-order valence-corrected chi connectivity index (χ2v) is 5.23. The third-order valence-electron chi connectivity index (χ3n) is 3.98. The number of carbonyl (C=O) groups is 3. The highest BCUT2D eigenvalue weighted by Crippen LogP contribution is 2.41. The van der Waals surface area contributed by atoms with Crippen LogP contribution in [0, 0.1) is 11.8 Å². The van der Waals surface area contributed by atoms with E-state index in [1.807, 2.05) is 6.07 Å². The van der Waals surface area contributed by atoms with Gasteiger partial charge in [0, 0.05) is 5.92 Å². The lowest BCUT2D eigenvalue weighted by Gasteiger charge is -2.34. The van der Waals surface area contributed by atoms with Crippen molar-refractivity contribution in [2.45, 2.75) is 12.8 Å². The van der Waals surface area contributed by atoms with Gasteiger partial charge in [-0.1, -0.05) is 35.9 Å². The fourth-order valence-corrected chi connectivity index (χ4v) is 2.97. The molecular formula is C17H18O5. The monoisotopic (exact) mass is 302 g/mol. The van der Waals surface area contributed by atoms with E-state index in [4.69, 9.17) is 9.47 Å². The Morgan fingerprint density at radius 2 is 1.50 bits per heavy atom. The molecule has 0 bridgehead atoms. The average molecular weight is 302 g/mol. The van der Waals surface area contributed by atoms with Crippen molar-refractivity contribution in [1.29, 1.82) is 0 Å². The number of carbonyl (C=O) groups excluding carboxylic acids is 3. The number of hydrogen-bond acceptors (Lipinski definition) is 5. The standard InChI is InChI=1S/C17H18O5/c1-10-9-12(18)15(17(20)22-3)14(13(10)16(19)21-2)11-7-5-4-6-8-11/h4-9,13-15H,1-3H3/t13-,14+,15-/m1/s1. The largest absolute Gasteiger partial charge is 0.469 e. The maximum atomic E-state index is 12.3. The van der Waals surface area contributed by atoms with Crippen molar-refractivity contribution in [2.75, 3.05) is 14.2 Å². The molecule has 0 unspecified atom stereocenters. The smallest absolute Gasteiger partial charge is 0.317 e. The van der Waals surface area contributed by atoms with Crippen LogP contribution in [0.15, 0.2) is 42.0 Å². The van der Waals surface area contributed by atoms with Gasteiger partial charge in [-0.15, -0.1) is 0 Å². The minimum absolute atomic E-state index is 0.349. The molecule has 0 saturated heterocycles. The van der Waals surface area contributed by atoms with Gasteiger partial charge in [-0.25, -0.2) is 0 Å². The van der Waals surface area contributed by atoms with Crippen molar-refractivity contribution in [2.24, 2.45) is 11.8 Å². The number of hydrogen-bond donors (Lipinski definition) is 0. The lowest BCUT2D eigenvalue weighted by Crippen LogP contribution is -2.41. The Kier molecular flexibility index (Phi) is 4.75. The number of allylic oxidation sites excluding steroid dienone is 1. The summed E-state index contributed by atoms with van der Waals surface area (Å²) in [7, 11) is 2.53. The zero-order chi connectivity index (χ0) is 16.3. The van der Waals surface area contributed by atoms with Crippen molar-refractivity contribution in [1.82, 2.24) is 0 Å². The summed E-state index contributed by atoms with van der Waals surface area (Å²) >= 11 is 0. The Balaban J connectivity index is 2.60. The number of esters is 2. The van der Waals surface area contributed by atoms with E-state index in [0.717, 1.165) is 5.56 Å². The second-order valence-electron chi connectivity index (χ2n) is 5.23. The minimum atomic E-state index is -1.04. The van der Waals surface area contributed by atoms with Gasteiger partial charge < -0.3 is 9.47 Å². The molecule has 5 nitrogen and oxygen atoms in total. The Labute approximate surface area is 128 Å². The van der Waals surface area contributed by atoms with E-state index < -0.39 is 29.7 Å². The normalized spacial score (nSPS) is 24.4. The lowest BCUT2D eigenvalue weighted by molar-refractivity contribution is -0.152. The van der Waals surface area contributed by atoms with Crippen LogP contribution in [-0.2, 0) is 23.9 Å². The Morgan fingerprint density at radius 3 is 2.05 bits per heavy atom. The van der Waals surface area contributed by atoms with E-state index in [9.17, 15) is 14.4 Å². The maximum absolute atomic E-state index is 12.3. The zero-order valence-electron chi connectivity index (χ0n) is 12.7. The van der Waals surface area contributed by atoms with Gasteiger partial charge in [-0.3, -0.25) is 14.4 Å². The van der Waals surface area contributed by atoms with Gasteiger partial charge in [-0.05, 0) is 18.6 Å². The molecule has 0 radical (unpaired) electrons. The number of ketones is 1. The molecule has 2 rings (SSSR count). The first-order valence-electron chi connectivity index (χ1n) is 6.94. The van der Waals surface area contributed by atoms with Gasteiger partial charge in [0.15, 0.2) is 5.78 Å². The molecule has 0 aliphatic heterocycles. The molecule has 0 heterocycles. The summed E-state index contributed by atoms with van der Waals surface area (Å²) in [5, 5.41) is 0. The van der Waals surface area contributed by atoms with E-state index in [1.165, 1.54) is 20.3 Å². The average Bonchev–Trinajstić information content (AvgIpc) is 2.53. The molecule has 3 atom stereocenters. The maximum Gasteiger partial charge on any atom is 0.317 e. The number of ether oxygens (including phenoxy) is 2. The van der Waals surface area contributed by atoms with Crippen LogP contribution in [0.2, 0.25) is 0 Å². The summed E-state index contributed by atoms with van der Waals surface area (Å²) in [4.78, 5) is 36.6. The van der Waals surface area contributed by atoms with Gasteiger partial charge in [0.05, 0.1) is 20.1 Å². The van der Waals surface area contributed by atoms with Crippen molar-refractivity contribution in [3.05, 3.63) is 47.5 Å². The summed E-state index contributed by atoms with van der Waals surface area (Å²) in [6.07, 6.45) is 1.34. The summed E-state index contributed by atoms with van der Waals surface area (Å²) in [6, 6.07) is 9.02. The van der Waals surface area contributed by atoms with Crippen LogP contribution < -0.4 is 0 Å². The highest BCUT2D eigenvalue weighted by Gasteiger charge is 2.47. The first-order valence-corrected chi connectivity index (χ1v) is 6.94. The molecule has 0 fully saturated rings. The summed E-state index contributed by atoms with van der Waals surface area (Å²) < 4.78 is 9.63. The third kappa shape index (κ3) is 2.79. The molecule has 1 aliphatic carbocycles. The van der Waals surface area contributed by atoms with Crippen LogP contribution in [0.3, 0.4) is 0 Å². The number of benzene rings is 1. The van der Waals surface area contributed by atoms with Crippen LogP contribution in [0.25, 0.3) is 0 Å². The van der Waals surface area contributed by atoms with E-state index in [0.29, 0.717) is 5.57 Å². The van der Waals surface area contributed by atoms with Crippen molar-refractivity contribution in [3.8, 4) is 0 Å². The predicted octanol–water partition coefficient (Wildman–Crippen LogP) is 1.88. The molecule has 0 aromatic heterocycles. The molecule has 22 heavy (non-hydrogen) atoms. The van der Waals surface area contributed by atoms with Crippen LogP contribution in [0.4, 0.5) is 0 Å². The van der Waals surface area contributed by atoms with E-state index in [2.05, 4.69) is 0 Å². The first kappa shape index (κ1) is 15.9. The van der Waals surface area contributed by atoms with Crippen LogP contribution in [-0.4, -0.2) is 31.9 Å². The topological polar surface area (TPSA) is 69.7 Å². The van der Waals surface area contributed by atoms with E-state index >= 15 is 0 Å². The highest BCUT2D eigenvalue weighted by atomic mass is 16.5. The van der Waals surface area contributed by atoms with E-state index in [1.54, 1.807) is 31.2 Å². The van der Waals surface area contributed by atoms with Crippen LogP contribution in [0.1, 0.15) is 18.4 Å². The third-order valence-corrected chi connectivity index (χ3v) is 3.98. The second kappa shape index (κ2) is 6.56. The molecule has 116 valence electrons. The molecule has 0 saturated carbocycles. The van der Waals surface area contributed by atoms with Gasteiger partial charge in [0.25, 0.3) is 0 Å². The van der Waals surface area contributed by atoms with Gasteiger partial charge in [0.1, 0.15) is 5.92 Å². The van der Waals surface area contributed by atoms with Crippen LogP contribution >= 0.6 is 0 Å². The quantitative estimate of drug-likeness (QED) is 0.630. The van der Waals surface area contributed by atoms with Crippen molar-refractivity contribution in [3.63, 3.8) is 0 Å². The number of methoxy groups -OCH3 is 2. The molecular weight excluding hydrogens is 284 g/mol. The first-order chi connectivity index (χ1) is 10.5. The summed E-state index contributed by atoms with van der Waals surface area (Å²) in [5.41, 5.74) is 1.32. The Hall–Kier alpha value is -2.43.